The van der Waals surface area contributed by atoms with Crippen molar-refractivity contribution in [2.24, 2.45) is 5.92 Å². The van der Waals surface area contributed by atoms with Gasteiger partial charge in [0.15, 0.2) is 0 Å². The minimum atomic E-state index is -0.0547. The molecule has 4 rings (SSSR count). The Balaban J connectivity index is 1.34. The first-order valence-corrected chi connectivity index (χ1v) is 10.5. The van der Waals surface area contributed by atoms with Crippen LogP contribution in [0.25, 0.3) is 0 Å². The SMILES string of the molecule is Cc1ccccc1CC1(NC(=O)N2CCN(CC3CC3)C(CCO)C2)CC1. The number of rotatable bonds is 7. The fraction of sp³-hybridized carbons (Fsp3) is 0.682. The lowest BCUT2D eigenvalue weighted by atomic mass is 10.00. The highest BCUT2D eigenvalue weighted by Crippen LogP contribution is 2.39. The third kappa shape index (κ3) is 4.64. The molecule has 0 spiro atoms. The van der Waals surface area contributed by atoms with E-state index in [4.69, 9.17) is 0 Å². The lowest BCUT2D eigenvalue weighted by molar-refractivity contribution is 0.0692. The molecule has 1 saturated heterocycles. The van der Waals surface area contributed by atoms with Crippen molar-refractivity contribution in [2.45, 2.75) is 57.0 Å². The van der Waals surface area contributed by atoms with Gasteiger partial charge in [0.25, 0.3) is 0 Å². The number of piperazine rings is 1. The zero-order valence-electron chi connectivity index (χ0n) is 16.5. The summed E-state index contributed by atoms with van der Waals surface area (Å²) in [6.07, 6.45) is 6.49. The van der Waals surface area contributed by atoms with E-state index in [9.17, 15) is 9.90 Å². The number of carbonyl (C=O) groups is 1. The Morgan fingerprint density at radius 2 is 2.04 bits per heavy atom. The van der Waals surface area contributed by atoms with Gasteiger partial charge in [0.05, 0.1) is 0 Å². The molecule has 3 aliphatic rings. The molecular weight excluding hydrogens is 338 g/mol. The topological polar surface area (TPSA) is 55.8 Å². The van der Waals surface area contributed by atoms with Crippen molar-refractivity contribution in [1.29, 1.82) is 0 Å². The first-order valence-electron chi connectivity index (χ1n) is 10.5. The van der Waals surface area contributed by atoms with E-state index in [2.05, 4.69) is 41.4 Å². The normalized spacial score (nSPS) is 24.7. The van der Waals surface area contributed by atoms with Crippen LogP contribution in [0.2, 0.25) is 0 Å². The predicted molar refractivity (Wildman–Crippen MR) is 107 cm³/mol. The van der Waals surface area contributed by atoms with Crippen LogP contribution in [0.3, 0.4) is 0 Å². The van der Waals surface area contributed by atoms with E-state index in [-0.39, 0.29) is 18.2 Å². The van der Waals surface area contributed by atoms with E-state index in [1.807, 2.05) is 4.90 Å². The number of hydrogen-bond donors (Lipinski definition) is 2. The van der Waals surface area contributed by atoms with E-state index < -0.39 is 0 Å². The first kappa shape index (κ1) is 18.8. The smallest absolute Gasteiger partial charge is 0.317 e. The van der Waals surface area contributed by atoms with Crippen LogP contribution in [0.4, 0.5) is 4.79 Å². The second kappa shape index (κ2) is 7.80. The van der Waals surface area contributed by atoms with Crippen molar-refractivity contribution >= 4 is 6.03 Å². The molecule has 0 radical (unpaired) electrons. The molecule has 5 nitrogen and oxygen atoms in total. The number of aryl methyl sites for hydroxylation is 1. The van der Waals surface area contributed by atoms with Crippen LogP contribution >= 0.6 is 0 Å². The van der Waals surface area contributed by atoms with E-state index in [0.29, 0.717) is 6.04 Å². The van der Waals surface area contributed by atoms with Gasteiger partial charge in [-0.3, -0.25) is 4.90 Å². The Morgan fingerprint density at radius 3 is 2.70 bits per heavy atom. The lowest BCUT2D eigenvalue weighted by Gasteiger charge is -2.42. The maximum absolute atomic E-state index is 13.0. The standard InChI is InChI=1S/C22H33N3O2/c1-17-4-2-3-5-19(17)14-22(9-10-22)23-21(27)25-12-11-24(15-18-6-7-18)20(16-25)8-13-26/h2-5,18,20,26H,6-16H2,1H3,(H,23,27). The van der Waals surface area contributed by atoms with Gasteiger partial charge in [-0.15, -0.1) is 0 Å². The molecule has 1 aromatic carbocycles. The molecule has 2 saturated carbocycles. The number of benzene rings is 1. The van der Waals surface area contributed by atoms with Gasteiger partial charge in [-0.05, 0) is 62.5 Å². The van der Waals surface area contributed by atoms with E-state index in [1.54, 1.807) is 0 Å². The molecule has 1 aromatic rings. The fourth-order valence-corrected chi connectivity index (χ4v) is 4.35. The predicted octanol–water partition coefficient (Wildman–Crippen LogP) is 2.56. The average molecular weight is 372 g/mol. The van der Waals surface area contributed by atoms with Crippen LogP contribution in [0.15, 0.2) is 24.3 Å². The molecule has 3 fully saturated rings. The summed E-state index contributed by atoms with van der Waals surface area (Å²) in [7, 11) is 0. The number of urea groups is 1. The summed E-state index contributed by atoms with van der Waals surface area (Å²) < 4.78 is 0. The summed E-state index contributed by atoms with van der Waals surface area (Å²) in [5.41, 5.74) is 2.58. The van der Waals surface area contributed by atoms with Crippen LogP contribution in [-0.2, 0) is 6.42 Å². The summed E-state index contributed by atoms with van der Waals surface area (Å²) in [4.78, 5) is 17.4. The number of amides is 2. The summed E-state index contributed by atoms with van der Waals surface area (Å²) in [6.45, 7) is 5.93. The van der Waals surface area contributed by atoms with Crippen molar-refractivity contribution in [1.82, 2.24) is 15.1 Å². The maximum atomic E-state index is 13.0. The molecule has 148 valence electrons. The third-order valence-corrected chi connectivity index (χ3v) is 6.56. The summed E-state index contributed by atoms with van der Waals surface area (Å²) in [5.74, 6) is 0.843. The van der Waals surface area contributed by atoms with Gasteiger partial charge in [-0.1, -0.05) is 24.3 Å². The van der Waals surface area contributed by atoms with Gasteiger partial charge in [0, 0.05) is 44.4 Å². The van der Waals surface area contributed by atoms with Crippen LogP contribution in [0.1, 0.15) is 43.2 Å². The zero-order chi connectivity index (χ0) is 18.9. The van der Waals surface area contributed by atoms with Crippen molar-refractivity contribution in [3.63, 3.8) is 0 Å². The molecule has 0 aromatic heterocycles. The molecular formula is C22H33N3O2. The molecule has 1 unspecified atom stereocenters. The second-order valence-electron chi connectivity index (χ2n) is 8.86. The van der Waals surface area contributed by atoms with Gasteiger partial charge in [0.1, 0.15) is 0 Å². The van der Waals surface area contributed by atoms with Gasteiger partial charge in [0.2, 0.25) is 0 Å². The van der Waals surface area contributed by atoms with Gasteiger partial charge >= 0.3 is 6.03 Å². The fourth-order valence-electron chi connectivity index (χ4n) is 4.35. The Kier molecular flexibility index (Phi) is 5.42. The highest BCUT2D eigenvalue weighted by Gasteiger charge is 2.45. The maximum Gasteiger partial charge on any atom is 0.317 e. The quantitative estimate of drug-likeness (QED) is 0.774. The van der Waals surface area contributed by atoms with E-state index >= 15 is 0 Å². The molecule has 2 N–H and O–H groups in total. The minimum Gasteiger partial charge on any atom is -0.396 e. The van der Waals surface area contributed by atoms with Crippen LogP contribution in [-0.4, -0.2) is 65.3 Å². The van der Waals surface area contributed by atoms with Gasteiger partial charge in [-0.2, -0.15) is 0 Å². The number of carbonyl (C=O) groups excluding carboxylic acids is 1. The van der Waals surface area contributed by atoms with Gasteiger partial charge < -0.3 is 15.3 Å². The van der Waals surface area contributed by atoms with Crippen LogP contribution in [0, 0.1) is 12.8 Å². The molecule has 2 amide bonds. The molecule has 1 atom stereocenters. The first-order chi connectivity index (χ1) is 13.1. The number of nitrogens with one attached hydrogen (secondary N) is 1. The molecule has 0 bridgehead atoms. The highest BCUT2D eigenvalue weighted by molar-refractivity contribution is 5.76. The Hall–Kier alpha value is -1.59. The molecule has 27 heavy (non-hydrogen) atoms. The molecule has 2 aliphatic carbocycles. The molecule has 1 heterocycles. The Bertz CT molecular complexity index is 669. The largest absolute Gasteiger partial charge is 0.396 e. The summed E-state index contributed by atoms with van der Waals surface area (Å²) >= 11 is 0. The Labute approximate surface area is 162 Å². The lowest BCUT2D eigenvalue weighted by Crippen LogP contribution is -2.58. The average Bonchev–Trinajstić information content (AvgIpc) is 3.57. The van der Waals surface area contributed by atoms with Crippen molar-refractivity contribution in [3.05, 3.63) is 35.4 Å². The van der Waals surface area contributed by atoms with Crippen molar-refractivity contribution in [2.75, 3.05) is 32.8 Å². The molecule has 5 heteroatoms. The zero-order valence-corrected chi connectivity index (χ0v) is 16.5. The minimum absolute atomic E-state index is 0.0547. The number of hydrogen-bond acceptors (Lipinski definition) is 3. The Morgan fingerprint density at radius 1 is 1.26 bits per heavy atom. The van der Waals surface area contributed by atoms with Crippen molar-refractivity contribution in [3.8, 4) is 0 Å². The number of nitrogens with zero attached hydrogens (tertiary/aromatic N) is 2. The number of aliphatic hydroxyl groups excluding tert-OH is 1. The summed E-state index contributed by atoms with van der Waals surface area (Å²) in [6, 6.07) is 8.84. The van der Waals surface area contributed by atoms with E-state index in [1.165, 1.54) is 24.0 Å². The van der Waals surface area contributed by atoms with Crippen molar-refractivity contribution < 1.29 is 9.90 Å². The third-order valence-electron chi connectivity index (χ3n) is 6.56. The summed E-state index contributed by atoms with van der Waals surface area (Å²) in [5, 5.41) is 12.8. The van der Waals surface area contributed by atoms with E-state index in [0.717, 1.165) is 57.8 Å². The molecule has 1 aliphatic heterocycles. The van der Waals surface area contributed by atoms with Gasteiger partial charge in [-0.25, -0.2) is 4.79 Å². The van der Waals surface area contributed by atoms with Crippen LogP contribution in [0.5, 0.6) is 0 Å². The van der Waals surface area contributed by atoms with Crippen LogP contribution < -0.4 is 5.32 Å². The monoisotopic (exact) mass is 371 g/mol. The highest BCUT2D eigenvalue weighted by atomic mass is 16.3. The number of aliphatic hydroxyl groups is 1. The second-order valence-corrected chi connectivity index (χ2v) is 8.86.